The molecule has 1 unspecified atom stereocenters. The largest absolute Gasteiger partial charge is 0.329 e. The number of aromatic nitrogens is 1. The molecule has 0 saturated heterocycles. The Labute approximate surface area is 121 Å². The molecule has 0 aliphatic rings. The molecule has 1 heterocycles. The molecule has 1 aromatic carbocycles. The Morgan fingerprint density at radius 2 is 1.94 bits per heavy atom. The van der Waals surface area contributed by atoms with Gasteiger partial charge in [0, 0.05) is 39.1 Å². The van der Waals surface area contributed by atoms with Gasteiger partial charge < -0.3 is 5.73 Å². The lowest BCUT2D eigenvalue weighted by Crippen LogP contribution is -2.09. The maximum Gasteiger partial charge on any atom is 0.0482 e. The van der Waals surface area contributed by atoms with Crippen LogP contribution in [0.15, 0.2) is 47.6 Å². The lowest BCUT2D eigenvalue weighted by Gasteiger charge is -2.14. The summed E-state index contributed by atoms with van der Waals surface area (Å²) in [4.78, 5) is 5.12. The van der Waals surface area contributed by atoms with Gasteiger partial charge >= 0.3 is 0 Å². The minimum Gasteiger partial charge on any atom is -0.329 e. The number of halogens is 2. The number of hydrogen-bond acceptors (Lipinski definition) is 3. The van der Waals surface area contributed by atoms with Crippen LogP contribution in [-0.2, 0) is 0 Å². The minimum absolute atomic E-state index is 0.147. The smallest absolute Gasteiger partial charge is 0.0482 e. The summed E-state index contributed by atoms with van der Waals surface area (Å²) in [6.07, 6.45) is 3.58. The second-order valence-corrected chi connectivity index (χ2v) is 5.88. The van der Waals surface area contributed by atoms with Crippen molar-refractivity contribution in [1.29, 1.82) is 0 Å². The molecular formula is C13H12Cl2N2S. The Kier molecular flexibility index (Phi) is 4.89. The van der Waals surface area contributed by atoms with E-state index in [0.717, 1.165) is 10.5 Å². The Morgan fingerprint density at radius 3 is 2.50 bits per heavy atom. The van der Waals surface area contributed by atoms with Gasteiger partial charge in [-0.15, -0.1) is 11.8 Å². The lowest BCUT2D eigenvalue weighted by atomic mass is 10.2. The molecule has 2 N–H and O–H groups in total. The molecule has 0 radical (unpaired) electrons. The van der Waals surface area contributed by atoms with Crippen molar-refractivity contribution in [1.82, 2.24) is 4.98 Å². The van der Waals surface area contributed by atoms with Crippen LogP contribution >= 0.6 is 35.0 Å². The molecule has 2 rings (SSSR count). The summed E-state index contributed by atoms with van der Waals surface area (Å²) in [5.41, 5.74) is 6.91. The van der Waals surface area contributed by atoms with Crippen molar-refractivity contribution in [2.45, 2.75) is 10.1 Å². The fourth-order valence-corrected chi connectivity index (χ4v) is 3.33. The zero-order valence-corrected chi connectivity index (χ0v) is 11.8. The zero-order valence-electron chi connectivity index (χ0n) is 9.51. The molecule has 5 heteroatoms. The fraction of sp³-hybridized carbons (Fsp3) is 0.154. The van der Waals surface area contributed by atoms with Crippen LogP contribution in [0.2, 0.25) is 10.0 Å². The van der Waals surface area contributed by atoms with Crippen molar-refractivity contribution in [2.24, 2.45) is 5.73 Å². The fourth-order valence-electron chi connectivity index (χ4n) is 1.58. The van der Waals surface area contributed by atoms with Gasteiger partial charge in [0.05, 0.1) is 0 Å². The Morgan fingerprint density at radius 1 is 1.22 bits per heavy atom. The maximum atomic E-state index is 5.98. The van der Waals surface area contributed by atoms with Gasteiger partial charge in [-0.1, -0.05) is 29.3 Å². The van der Waals surface area contributed by atoms with E-state index in [1.807, 2.05) is 30.5 Å². The maximum absolute atomic E-state index is 5.98. The van der Waals surface area contributed by atoms with Crippen molar-refractivity contribution < 1.29 is 0 Å². The molecule has 0 fully saturated rings. The van der Waals surface area contributed by atoms with E-state index in [1.54, 1.807) is 24.0 Å². The second-order valence-electron chi connectivity index (χ2n) is 3.73. The molecule has 0 bridgehead atoms. The number of hydrogen-bond donors (Lipinski definition) is 1. The van der Waals surface area contributed by atoms with Gasteiger partial charge in [-0.05, 0) is 29.8 Å². The third-order valence-electron chi connectivity index (χ3n) is 2.38. The second kappa shape index (κ2) is 6.43. The predicted molar refractivity (Wildman–Crippen MR) is 78.4 cm³/mol. The topological polar surface area (TPSA) is 38.9 Å². The summed E-state index contributed by atoms with van der Waals surface area (Å²) in [5, 5.41) is 1.41. The van der Waals surface area contributed by atoms with Crippen molar-refractivity contribution >= 4 is 35.0 Å². The first-order chi connectivity index (χ1) is 8.69. The van der Waals surface area contributed by atoms with Crippen molar-refractivity contribution in [3.63, 3.8) is 0 Å². The van der Waals surface area contributed by atoms with Crippen LogP contribution < -0.4 is 5.73 Å². The predicted octanol–water partition coefficient (Wildman–Crippen LogP) is 4.18. The third-order valence-corrected chi connectivity index (χ3v) is 4.08. The highest BCUT2D eigenvalue weighted by atomic mass is 35.5. The zero-order chi connectivity index (χ0) is 13.0. The van der Waals surface area contributed by atoms with Gasteiger partial charge in [0.25, 0.3) is 0 Å². The molecule has 0 saturated carbocycles. The molecule has 18 heavy (non-hydrogen) atoms. The lowest BCUT2D eigenvalue weighted by molar-refractivity contribution is 0.932. The average Bonchev–Trinajstić information content (AvgIpc) is 2.36. The van der Waals surface area contributed by atoms with E-state index >= 15 is 0 Å². The standard InChI is InChI=1S/C13H12Cl2N2S/c14-10-4-11(15)6-12(5-10)18-13(7-16)9-2-1-3-17-8-9/h1-6,8,13H,7,16H2. The summed E-state index contributed by atoms with van der Waals surface area (Å²) in [6.45, 7) is 0.528. The van der Waals surface area contributed by atoms with E-state index in [9.17, 15) is 0 Å². The Bertz CT molecular complexity index is 499. The van der Waals surface area contributed by atoms with Crippen LogP contribution in [0.3, 0.4) is 0 Å². The number of rotatable bonds is 4. The number of nitrogens with two attached hydrogens (primary N) is 1. The van der Waals surface area contributed by atoms with Crippen LogP contribution in [0.5, 0.6) is 0 Å². The summed E-state index contributed by atoms with van der Waals surface area (Å²) in [7, 11) is 0. The number of thioether (sulfide) groups is 1. The SMILES string of the molecule is NCC(Sc1cc(Cl)cc(Cl)c1)c1cccnc1. The van der Waals surface area contributed by atoms with Gasteiger partial charge in [0.1, 0.15) is 0 Å². The molecular weight excluding hydrogens is 287 g/mol. The number of benzene rings is 1. The monoisotopic (exact) mass is 298 g/mol. The Balaban J connectivity index is 2.20. The molecule has 2 aromatic rings. The van der Waals surface area contributed by atoms with Gasteiger partial charge in [0.2, 0.25) is 0 Å². The third kappa shape index (κ3) is 3.62. The molecule has 0 spiro atoms. The van der Waals surface area contributed by atoms with Gasteiger partial charge in [-0.2, -0.15) is 0 Å². The molecule has 94 valence electrons. The molecule has 0 amide bonds. The molecule has 1 atom stereocenters. The van der Waals surface area contributed by atoms with E-state index in [-0.39, 0.29) is 5.25 Å². The molecule has 0 aliphatic heterocycles. The Hall–Kier alpha value is -0.740. The van der Waals surface area contributed by atoms with Crippen molar-refractivity contribution in [3.8, 4) is 0 Å². The minimum atomic E-state index is 0.147. The van der Waals surface area contributed by atoms with E-state index in [2.05, 4.69) is 4.98 Å². The first-order valence-corrected chi connectivity index (χ1v) is 7.05. The first kappa shape index (κ1) is 13.7. The van der Waals surface area contributed by atoms with Gasteiger partial charge in [0.15, 0.2) is 0 Å². The summed E-state index contributed by atoms with van der Waals surface area (Å²) in [5.74, 6) is 0. The van der Waals surface area contributed by atoms with Gasteiger partial charge in [-0.3, -0.25) is 4.98 Å². The van der Waals surface area contributed by atoms with Crippen LogP contribution in [0.1, 0.15) is 10.8 Å². The van der Waals surface area contributed by atoms with E-state index in [1.165, 1.54) is 0 Å². The van der Waals surface area contributed by atoms with E-state index < -0.39 is 0 Å². The molecule has 0 aliphatic carbocycles. The first-order valence-electron chi connectivity index (χ1n) is 5.42. The van der Waals surface area contributed by atoms with Crippen molar-refractivity contribution in [2.75, 3.05) is 6.54 Å². The quantitative estimate of drug-likeness (QED) is 0.861. The van der Waals surface area contributed by atoms with Gasteiger partial charge in [-0.25, -0.2) is 0 Å². The average molecular weight is 299 g/mol. The summed E-state index contributed by atoms with van der Waals surface area (Å²) >= 11 is 13.6. The van der Waals surface area contributed by atoms with Crippen molar-refractivity contribution in [3.05, 3.63) is 58.3 Å². The molecule has 2 nitrogen and oxygen atoms in total. The van der Waals surface area contributed by atoms with Crippen LogP contribution in [0, 0.1) is 0 Å². The number of pyridine rings is 1. The highest BCUT2D eigenvalue weighted by Gasteiger charge is 2.12. The van der Waals surface area contributed by atoms with E-state index in [4.69, 9.17) is 28.9 Å². The highest BCUT2D eigenvalue weighted by molar-refractivity contribution is 7.99. The van der Waals surface area contributed by atoms with Crippen LogP contribution in [-0.4, -0.2) is 11.5 Å². The summed E-state index contributed by atoms with van der Waals surface area (Å²) in [6, 6.07) is 9.41. The number of nitrogens with zero attached hydrogens (tertiary/aromatic N) is 1. The highest BCUT2D eigenvalue weighted by Crippen LogP contribution is 2.36. The normalized spacial score (nSPS) is 12.4. The molecule has 1 aromatic heterocycles. The van der Waals surface area contributed by atoms with E-state index in [0.29, 0.717) is 16.6 Å². The van der Waals surface area contributed by atoms with Crippen LogP contribution in [0.25, 0.3) is 0 Å². The summed E-state index contributed by atoms with van der Waals surface area (Å²) < 4.78 is 0. The van der Waals surface area contributed by atoms with Crippen LogP contribution in [0.4, 0.5) is 0 Å².